The third-order valence-electron chi connectivity index (χ3n) is 3.26. The molecule has 0 radical (unpaired) electrons. The fraction of sp³-hybridized carbons (Fsp3) is 0.176. The monoisotopic (exact) mass is 354 g/mol. The van der Waals surface area contributed by atoms with Crippen LogP contribution in [0.3, 0.4) is 0 Å². The molecule has 0 fully saturated rings. The third kappa shape index (κ3) is 4.72. The van der Waals surface area contributed by atoms with Crippen molar-refractivity contribution < 1.29 is 37.3 Å². The Morgan fingerprint density at radius 2 is 1.64 bits per heavy atom. The van der Waals surface area contributed by atoms with Crippen LogP contribution in [0.25, 0.3) is 0 Å². The largest absolute Gasteiger partial charge is 0.497 e. The summed E-state index contributed by atoms with van der Waals surface area (Å²) in [6.07, 6.45) is -4.73. The maximum Gasteiger partial charge on any atom is 0.416 e. The van der Waals surface area contributed by atoms with E-state index in [0.717, 1.165) is 6.07 Å². The van der Waals surface area contributed by atoms with Crippen LogP contribution >= 0.6 is 0 Å². The molecule has 0 atom stereocenters. The molecule has 0 bridgehead atoms. The molecule has 0 saturated carbocycles. The Hall–Kier alpha value is -3.03. The molecule has 0 aliphatic heterocycles. The lowest BCUT2D eigenvalue weighted by atomic mass is 10.1. The number of ether oxygens (including phenoxy) is 2. The van der Waals surface area contributed by atoms with E-state index in [1.165, 1.54) is 19.2 Å². The predicted octanol–water partition coefficient (Wildman–Crippen LogP) is 3.67. The molecule has 2 aromatic rings. The van der Waals surface area contributed by atoms with Gasteiger partial charge in [0.2, 0.25) is 0 Å². The minimum atomic E-state index is -4.73. The molecule has 2 aromatic carbocycles. The molecule has 0 saturated heterocycles. The van der Waals surface area contributed by atoms with Crippen LogP contribution in [0, 0.1) is 0 Å². The van der Waals surface area contributed by atoms with Crippen molar-refractivity contribution in [1.82, 2.24) is 0 Å². The quantitative estimate of drug-likeness (QED) is 0.802. The molecule has 5 nitrogen and oxygen atoms in total. The SMILES string of the molecule is COc1ccc(C(=O)COc2cc(C(=O)O)cc(C(F)(F)F)c2)cc1. The molecule has 0 amide bonds. The molecule has 8 heteroatoms. The standard InChI is InChI=1S/C17H13F3O5/c1-24-13-4-2-10(3-5-13)15(21)9-25-14-7-11(16(22)23)6-12(8-14)17(18,19)20/h2-8H,9H2,1H3,(H,22,23). The Bertz CT molecular complexity index is 782. The maximum absolute atomic E-state index is 12.8. The normalized spacial score (nSPS) is 11.0. The van der Waals surface area contributed by atoms with E-state index in [1.807, 2.05) is 0 Å². The van der Waals surface area contributed by atoms with Gasteiger partial charge in [0.1, 0.15) is 11.5 Å². The second kappa shape index (κ2) is 7.25. The van der Waals surface area contributed by atoms with Crippen LogP contribution in [-0.2, 0) is 6.18 Å². The number of aromatic carboxylic acids is 1. The van der Waals surface area contributed by atoms with E-state index in [0.29, 0.717) is 17.9 Å². The topological polar surface area (TPSA) is 72.8 Å². The van der Waals surface area contributed by atoms with E-state index in [1.54, 1.807) is 12.1 Å². The number of halogens is 3. The summed E-state index contributed by atoms with van der Waals surface area (Å²) in [5.41, 5.74) is -1.47. The Morgan fingerprint density at radius 1 is 1.00 bits per heavy atom. The highest BCUT2D eigenvalue weighted by atomic mass is 19.4. The predicted molar refractivity (Wildman–Crippen MR) is 81.2 cm³/mol. The second-order valence-electron chi connectivity index (χ2n) is 4.99. The van der Waals surface area contributed by atoms with E-state index in [2.05, 4.69) is 0 Å². The highest BCUT2D eigenvalue weighted by Crippen LogP contribution is 2.32. The van der Waals surface area contributed by atoms with Crippen LogP contribution in [0.2, 0.25) is 0 Å². The molecular formula is C17H13F3O5. The Balaban J connectivity index is 2.17. The van der Waals surface area contributed by atoms with Gasteiger partial charge in [-0.2, -0.15) is 13.2 Å². The maximum atomic E-state index is 12.8. The highest BCUT2D eigenvalue weighted by molar-refractivity contribution is 5.97. The van der Waals surface area contributed by atoms with Crippen LogP contribution < -0.4 is 9.47 Å². The summed E-state index contributed by atoms with van der Waals surface area (Å²) in [7, 11) is 1.47. The fourth-order valence-corrected chi connectivity index (χ4v) is 1.98. The van der Waals surface area contributed by atoms with Gasteiger partial charge in [0, 0.05) is 5.56 Å². The number of Topliss-reactive ketones (excluding diaryl/α,β-unsaturated/α-hetero) is 1. The number of rotatable bonds is 6. The van der Waals surface area contributed by atoms with Crippen molar-refractivity contribution in [3.05, 3.63) is 59.2 Å². The second-order valence-corrected chi connectivity index (χ2v) is 4.99. The van der Waals surface area contributed by atoms with Crippen molar-refractivity contribution in [3.63, 3.8) is 0 Å². The molecule has 1 N–H and O–H groups in total. The van der Waals surface area contributed by atoms with Gasteiger partial charge in [-0.3, -0.25) is 4.79 Å². The summed E-state index contributed by atoms with van der Waals surface area (Å²) < 4.78 is 48.5. The molecule has 132 valence electrons. The molecule has 0 spiro atoms. The number of carbonyl (C=O) groups excluding carboxylic acids is 1. The zero-order chi connectivity index (χ0) is 18.6. The molecular weight excluding hydrogens is 341 g/mol. The number of methoxy groups -OCH3 is 1. The van der Waals surface area contributed by atoms with Gasteiger partial charge in [-0.05, 0) is 42.5 Å². The van der Waals surface area contributed by atoms with E-state index < -0.39 is 35.7 Å². The van der Waals surface area contributed by atoms with Gasteiger partial charge in [0.05, 0.1) is 18.2 Å². The van der Waals surface area contributed by atoms with Crippen molar-refractivity contribution in [2.75, 3.05) is 13.7 Å². The number of hydrogen-bond acceptors (Lipinski definition) is 4. The number of alkyl halides is 3. The average molecular weight is 354 g/mol. The first-order valence-corrected chi connectivity index (χ1v) is 6.96. The lowest BCUT2D eigenvalue weighted by Crippen LogP contribution is -2.13. The van der Waals surface area contributed by atoms with Crippen molar-refractivity contribution >= 4 is 11.8 Å². The minimum Gasteiger partial charge on any atom is -0.497 e. The number of benzene rings is 2. The fourth-order valence-electron chi connectivity index (χ4n) is 1.98. The van der Waals surface area contributed by atoms with E-state index >= 15 is 0 Å². The summed E-state index contributed by atoms with van der Waals surface area (Å²) in [4.78, 5) is 23.0. The first-order valence-electron chi connectivity index (χ1n) is 6.96. The number of hydrogen-bond donors (Lipinski definition) is 1. The number of carboxylic acids is 1. The van der Waals surface area contributed by atoms with Gasteiger partial charge in [0.25, 0.3) is 0 Å². The molecule has 0 aliphatic rings. The zero-order valence-electron chi connectivity index (χ0n) is 13.0. The molecule has 25 heavy (non-hydrogen) atoms. The Labute approximate surface area is 140 Å². The zero-order valence-corrected chi connectivity index (χ0v) is 13.0. The van der Waals surface area contributed by atoms with Crippen molar-refractivity contribution in [3.8, 4) is 11.5 Å². The van der Waals surface area contributed by atoms with Crippen LogP contribution in [0.1, 0.15) is 26.3 Å². The number of ketones is 1. The smallest absolute Gasteiger partial charge is 0.416 e. The third-order valence-corrected chi connectivity index (χ3v) is 3.26. The van der Waals surface area contributed by atoms with Crippen LogP contribution in [-0.4, -0.2) is 30.6 Å². The molecule has 2 rings (SSSR count). The van der Waals surface area contributed by atoms with Gasteiger partial charge in [-0.1, -0.05) is 0 Å². The molecule has 0 heterocycles. The summed E-state index contributed by atoms with van der Waals surface area (Å²) in [6.45, 7) is -0.535. The van der Waals surface area contributed by atoms with Gasteiger partial charge < -0.3 is 14.6 Å². The first kappa shape index (κ1) is 18.3. The first-order chi connectivity index (χ1) is 11.7. The minimum absolute atomic E-state index is 0.284. The van der Waals surface area contributed by atoms with Gasteiger partial charge in [-0.25, -0.2) is 4.79 Å². The Kier molecular flexibility index (Phi) is 5.31. The van der Waals surface area contributed by atoms with Crippen LogP contribution in [0.5, 0.6) is 11.5 Å². The van der Waals surface area contributed by atoms with Crippen molar-refractivity contribution in [1.29, 1.82) is 0 Å². The summed E-state index contributed by atoms with van der Waals surface area (Å²) in [5.74, 6) is -1.81. The average Bonchev–Trinajstić information content (AvgIpc) is 2.58. The van der Waals surface area contributed by atoms with E-state index in [9.17, 15) is 22.8 Å². The lowest BCUT2D eigenvalue weighted by Gasteiger charge is -2.11. The molecule has 0 unspecified atom stereocenters. The van der Waals surface area contributed by atoms with Crippen molar-refractivity contribution in [2.45, 2.75) is 6.18 Å². The number of carbonyl (C=O) groups is 2. The van der Waals surface area contributed by atoms with Crippen LogP contribution in [0.4, 0.5) is 13.2 Å². The van der Waals surface area contributed by atoms with Crippen LogP contribution in [0.15, 0.2) is 42.5 Å². The van der Waals surface area contributed by atoms with Gasteiger partial charge in [0.15, 0.2) is 12.4 Å². The molecule has 0 aliphatic carbocycles. The van der Waals surface area contributed by atoms with Gasteiger partial charge in [-0.15, -0.1) is 0 Å². The van der Waals surface area contributed by atoms with Gasteiger partial charge >= 0.3 is 12.1 Å². The molecule has 0 aromatic heterocycles. The summed E-state index contributed by atoms with van der Waals surface area (Å²) in [5, 5.41) is 8.90. The lowest BCUT2D eigenvalue weighted by molar-refractivity contribution is -0.137. The highest BCUT2D eigenvalue weighted by Gasteiger charge is 2.32. The van der Waals surface area contributed by atoms with E-state index in [-0.39, 0.29) is 11.3 Å². The summed E-state index contributed by atoms with van der Waals surface area (Å²) in [6, 6.07) is 8.16. The number of carboxylic acid groups (broad SMARTS) is 1. The van der Waals surface area contributed by atoms with Crippen molar-refractivity contribution in [2.24, 2.45) is 0 Å². The Morgan fingerprint density at radius 3 is 2.16 bits per heavy atom. The summed E-state index contributed by atoms with van der Waals surface area (Å²) >= 11 is 0. The van der Waals surface area contributed by atoms with E-state index in [4.69, 9.17) is 14.6 Å².